The largest absolute Gasteiger partial charge is 0.475 e. The number of ether oxygens (including phenoxy) is 3. The van der Waals surface area contributed by atoms with Gasteiger partial charge in [-0.15, -0.1) is 0 Å². The van der Waals surface area contributed by atoms with Gasteiger partial charge in [0, 0.05) is 71.4 Å². The molecule has 0 amide bonds. The van der Waals surface area contributed by atoms with Gasteiger partial charge in [-0.1, -0.05) is 58.5 Å². The zero-order valence-electron chi connectivity index (χ0n) is 30.0. The minimum atomic E-state index is -1.19. The number of esters is 1. The number of carboxylic acids is 1. The third-order valence-electron chi connectivity index (χ3n) is 6.97. The Bertz CT molecular complexity index is 1820. The normalized spacial score (nSPS) is 11.1. The summed E-state index contributed by atoms with van der Waals surface area (Å²) >= 11 is 24.5. The lowest BCUT2D eigenvalue weighted by Crippen LogP contribution is -2.26. The summed E-state index contributed by atoms with van der Waals surface area (Å²) in [5, 5.41) is 17.7. The van der Waals surface area contributed by atoms with Crippen molar-refractivity contribution in [2.75, 3.05) is 37.9 Å². The fourth-order valence-electron chi connectivity index (χ4n) is 4.79. The standard InChI is InChI=1S/C20H25Cl2N3O3.C16H17Cl2N3O3/c1-6-23-17-14(9-12-7-8-13(21)10-15(12)22)16(11-27-5)24-18(25-17)19(26)28-20(2,3)4;1-3-19-14-11(6-9-4-5-10(17)7-12(9)18)13(8-24-2)20-15(21-14)16(22)23/h7-8,10H,6,9,11H2,1-5H3,(H,23,24,25);4-5,7H,3,6,8H2,1-2H3,(H,22,23)(H,19,20,21). The maximum Gasteiger partial charge on any atom is 0.376 e. The highest BCUT2D eigenvalue weighted by Crippen LogP contribution is 2.29. The molecule has 0 spiro atoms. The Labute approximate surface area is 323 Å². The van der Waals surface area contributed by atoms with Gasteiger partial charge in [0.15, 0.2) is 0 Å². The van der Waals surface area contributed by atoms with Gasteiger partial charge in [-0.2, -0.15) is 0 Å². The van der Waals surface area contributed by atoms with Gasteiger partial charge in [0.1, 0.15) is 17.2 Å². The van der Waals surface area contributed by atoms with E-state index >= 15 is 0 Å². The Kier molecular flexibility index (Phi) is 16.3. The molecule has 0 saturated heterocycles. The number of nitrogens with one attached hydrogen (secondary N) is 2. The van der Waals surface area contributed by atoms with Crippen LogP contribution in [-0.2, 0) is 40.3 Å². The molecule has 0 aliphatic carbocycles. The smallest absolute Gasteiger partial charge is 0.376 e. The molecule has 0 unspecified atom stereocenters. The van der Waals surface area contributed by atoms with E-state index in [-0.39, 0.29) is 24.9 Å². The lowest BCUT2D eigenvalue weighted by atomic mass is 10.0. The molecule has 4 rings (SSSR count). The van der Waals surface area contributed by atoms with Crippen molar-refractivity contribution >= 4 is 70.0 Å². The van der Waals surface area contributed by atoms with Gasteiger partial charge < -0.3 is 30.0 Å². The van der Waals surface area contributed by atoms with Gasteiger partial charge in [-0.3, -0.25) is 0 Å². The number of benzene rings is 2. The predicted octanol–water partition coefficient (Wildman–Crippen LogP) is 8.56. The van der Waals surface area contributed by atoms with Crippen LogP contribution in [0.4, 0.5) is 11.6 Å². The first-order chi connectivity index (χ1) is 24.6. The lowest BCUT2D eigenvalue weighted by Gasteiger charge is -2.20. The van der Waals surface area contributed by atoms with Crippen LogP contribution in [0.3, 0.4) is 0 Å². The van der Waals surface area contributed by atoms with E-state index in [0.29, 0.717) is 69.0 Å². The Balaban J connectivity index is 0.000000284. The number of carboxylic acid groups (broad SMARTS) is 1. The van der Waals surface area contributed by atoms with Crippen molar-refractivity contribution in [1.29, 1.82) is 0 Å². The van der Waals surface area contributed by atoms with Crippen LogP contribution in [0.15, 0.2) is 36.4 Å². The average molecular weight is 797 g/mol. The Hall–Kier alpha value is -3.78. The van der Waals surface area contributed by atoms with Crippen LogP contribution in [0.5, 0.6) is 0 Å². The van der Waals surface area contributed by atoms with Gasteiger partial charge in [0.25, 0.3) is 0 Å². The van der Waals surface area contributed by atoms with Crippen LogP contribution in [-0.4, -0.2) is 69.9 Å². The number of aromatic nitrogens is 4. The van der Waals surface area contributed by atoms with Crippen molar-refractivity contribution in [1.82, 2.24) is 19.9 Å². The zero-order valence-corrected chi connectivity index (χ0v) is 33.0. The van der Waals surface area contributed by atoms with E-state index in [1.807, 2.05) is 26.0 Å². The maximum atomic E-state index is 12.5. The number of aromatic carboxylic acids is 1. The number of anilines is 2. The van der Waals surface area contributed by atoms with E-state index in [1.54, 1.807) is 52.1 Å². The van der Waals surface area contributed by atoms with Crippen LogP contribution in [0, 0.1) is 0 Å². The first kappa shape index (κ1) is 42.6. The minimum absolute atomic E-state index is 0.0103. The molecule has 0 aliphatic heterocycles. The zero-order chi connectivity index (χ0) is 38.6. The fraction of sp³-hybridized carbons (Fsp3) is 0.389. The first-order valence-electron chi connectivity index (χ1n) is 16.2. The summed E-state index contributed by atoms with van der Waals surface area (Å²) in [6.07, 6.45) is 0.891. The third kappa shape index (κ3) is 12.4. The molecular weight excluding hydrogens is 754 g/mol. The maximum absolute atomic E-state index is 12.5. The van der Waals surface area contributed by atoms with Crippen LogP contribution in [0.2, 0.25) is 20.1 Å². The molecule has 2 heterocycles. The summed E-state index contributed by atoms with van der Waals surface area (Å²) in [4.78, 5) is 40.8. The molecule has 3 N–H and O–H groups in total. The quantitative estimate of drug-likeness (QED) is 0.105. The highest BCUT2D eigenvalue weighted by Gasteiger charge is 2.24. The average Bonchev–Trinajstić information content (AvgIpc) is 3.05. The molecule has 280 valence electrons. The molecule has 0 aliphatic rings. The van der Waals surface area contributed by atoms with Gasteiger partial charge in [-0.05, 0) is 70.0 Å². The van der Waals surface area contributed by atoms with E-state index < -0.39 is 17.5 Å². The van der Waals surface area contributed by atoms with E-state index in [2.05, 4.69) is 30.6 Å². The summed E-state index contributed by atoms with van der Waals surface area (Å²) in [5.74, 6) is -1.05. The van der Waals surface area contributed by atoms with Crippen LogP contribution < -0.4 is 10.6 Å². The summed E-state index contributed by atoms with van der Waals surface area (Å²) in [6, 6.07) is 10.6. The first-order valence-corrected chi connectivity index (χ1v) is 17.7. The van der Waals surface area contributed by atoms with Gasteiger partial charge >= 0.3 is 11.9 Å². The summed E-state index contributed by atoms with van der Waals surface area (Å²) in [7, 11) is 3.09. The number of hydrogen-bond acceptors (Lipinski definition) is 11. The Morgan fingerprint density at radius 1 is 0.712 bits per heavy atom. The third-order valence-corrected chi connectivity index (χ3v) is 8.15. The minimum Gasteiger partial charge on any atom is -0.475 e. The number of hydrogen-bond donors (Lipinski definition) is 3. The van der Waals surface area contributed by atoms with E-state index in [1.165, 1.54) is 7.11 Å². The van der Waals surface area contributed by atoms with Crippen molar-refractivity contribution in [3.8, 4) is 0 Å². The topological polar surface area (TPSA) is 158 Å². The van der Waals surface area contributed by atoms with Crippen molar-refractivity contribution in [3.05, 3.63) is 102 Å². The number of rotatable bonds is 14. The number of carbonyl (C=O) groups excluding carboxylic acids is 1. The van der Waals surface area contributed by atoms with Gasteiger partial charge in [0.05, 0.1) is 24.6 Å². The monoisotopic (exact) mass is 794 g/mol. The van der Waals surface area contributed by atoms with E-state index in [9.17, 15) is 14.7 Å². The second-order valence-electron chi connectivity index (χ2n) is 12.2. The lowest BCUT2D eigenvalue weighted by molar-refractivity contribution is 0.00545. The molecule has 4 aromatic rings. The molecular formula is C36H42Cl4N6O6. The summed E-state index contributed by atoms with van der Waals surface area (Å²) in [5.41, 5.74) is 3.72. The summed E-state index contributed by atoms with van der Waals surface area (Å²) < 4.78 is 15.9. The molecule has 12 nitrogen and oxygen atoms in total. The van der Waals surface area contributed by atoms with E-state index in [4.69, 9.17) is 60.6 Å². The molecule has 16 heteroatoms. The molecule has 2 aromatic heterocycles. The highest BCUT2D eigenvalue weighted by molar-refractivity contribution is 6.35. The van der Waals surface area contributed by atoms with Crippen LogP contribution in [0.1, 0.15) is 89.5 Å². The van der Waals surface area contributed by atoms with Gasteiger partial charge in [-0.25, -0.2) is 29.5 Å². The summed E-state index contributed by atoms with van der Waals surface area (Å²) in [6.45, 7) is 10.8. The molecule has 0 fully saturated rings. The van der Waals surface area contributed by atoms with Crippen molar-refractivity contribution < 1.29 is 28.9 Å². The van der Waals surface area contributed by atoms with E-state index in [0.717, 1.165) is 22.3 Å². The van der Waals surface area contributed by atoms with Crippen LogP contribution >= 0.6 is 46.4 Å². The number of nitrogens with zero attached hydrogens (tertiary/aromatic N) is 4. The Morgan fingerprint density at radius 3 is 1.50 bits per heavy atom. The second kappa shape index (κ2) is 19.9. The SMILES string of the molecule is CCNc1nc(C(=O)O)nc(COC)c1Cc1ccc(Cl)cc1Cl.CCNc1nc(C(=O)OC(C)(C)C)nc(COC)c1Cc1ccc(Cl)cc1Cl. The molecule has 2 aromatic carbocycles. The number of halogens is 4. The number of methoxy groups -OCH3 is 2. The Morgan fingerprint density at radius 2 is 1.13 bits per heavy atom. The number of carbonyl (C=O) groups is 2. The van der Waals surface area contributed by atoms with Gasteiger partial charge in [0.2, 0.25) is 11.6 Å². The predicted molar refractivity (Wildman–Crippen MR) is 204 cm³/mol. The molecule has 0 saturated carbocycles. The molecule has 52 heavy (non-hydrogen) atoms. The second-order valence-corrected chi connectivity index (χ2v) is 13.9. The molecule has 0 atom stereocenters. The molecule has 0 radical (unpaired) electrons. The molecule has 0 bridgehead atoms. The van der Waals surface area contributed by atoms with Crippen LogP contribution in [0.25, 0.3) is 0 Å². The fourth-order valence-corrected chi connectivity index (χ4v) is 5.74. The van der Waals surface area contributed by atoms with Crippen molar-refractivity contribution in [2.24, 2.45) is 0 Å². The highest BCUT2D eigenvalue weighted by atomic mass is 35.5. The van der Waals surface area contributed by atoms with Crippen molar-refractivity contribution in [2.45, 2.75) is 66.3 Å². The van der Waals surface area contributed by atoms with Crippen molar-refractivity contribution in [3.63, 3.8) is 0 Å².